The summed E-state index contributed by atoms with van der Waals surface area (Å²) in [6, 6.07) is 7.88. The normalized spacial score (nSPS) is 10.2. The number of hydrogen-bond donors (Lipinski definition) is 1. The van der Waals surface area contributed by atoms with Crippen LogP contribution in [0.15, 0.2) is 24.3 Å². The van der Waals surface area contributed by atoms with Crippen LogP contribution in [0.3, 0.4) is 0 Å². The van der Waals surface area contributed by atoms with Gasteiger partial charge >= 0.3 is 0 Å². The van der Waals surface area contributed by atoms with Crippen molar-refractivity contribution in [3.8, 4) is 5.75 Å². The van der Waals surface area contributed by atoms with E-state index in [4.69, 9.17) is 10.5 Å². The zero-order chi connectivity index (χ0) is 13.4. The number of ether oxygens (including phenoxy) is 1. The van der Waals surface area contributed by atoms with Crippen LogP contribution < -0.4 is 10.5 Å². The first kappa shape index (κ1) is 14.5. The van der Waals surface area contributed by atoms with E-state index in [0.717, 1.165) is 24.2 Å². The molecule has 0 aliphatic carbocycles. The first-order chi connectivity index (χ1) is 8.69. The van der Waals surface area contributed by atoms with Crippen LogP contribution >= 0.6 is 0 Å². The number of nitrogens with zero attached hydrogens (tertiary/aromatic N) is 1. The van der Waals surface area contributed by atoms with Crippen LogP contribution in [-0.4, -0.2) is 38.1 Å². The maximum Gasteiger partial charge on any atom is 0.222 e. The third kappa shape index (κ3) is 4.37. The molecule has 1 amide bonds. The van der Waals surface area contributed by atoms with Gasteiger partial charge in [-0.3, -0.25) is 4.79 Å². The Balaban J connectivity index is 2.46. The molecule has 1 aromatic carbocycles. The Morgan fingerprint density at radius 1 is 1.39 bits per heavy atom. The summed E-state index contributed by atoms with van der Waals surface area (Å²) in [5.41, 5.74) is 6.52. The third-order valence-electron chi connectivity index (χ3n) is 2.93. The van der Waals surface area contributed by atoms with Gasteiger partial charge in [0.15, 0.2) is 0 Å². The maximum absolute atomic E-state index is 11.7. The van der Waals surface area contributed by atoms with Gasteiger partial charge in [-0.1, -0.05) is 18.2 Å². The summed E-state index contributed by atoms with van der Waals surface area (Å²) in [4.78, 5) is 13.5. The maximum atomic E-state index is 11.7. The van der Waals surface area contributed by atoms with Crippen LogP contribution in [0.1, 0.15) is 18.4 Å². The lowest BCUT2D eigenvalue weighted by Gasteiger charge is -2.17. The lowest BCUT2D eigenvalue weighted by molar-refractivity contribution is -0.129. The fourth-order valence-corrected chi connectivity index (χ4v) is 1.77. The van der Waals surface area contributed by atoms with Crippen molar-refractivity contribution in [3.63, 3.8) is 0 Å². The van der Waals surface area contributed by atoms with Crippen LogP contribution in [0, 0.1) is 0 Å². The summed E-state index contributed by atoms with van der Waals surface area (Å²) < 4.78 is 5.28. The summed E-state index contributed by atoms with van der Waals surface area (Å²) in [7, 11) is 3.49. The smallest absolute Gasteiger partial charge is 0.222 e. The molecule has 0 bridgehead atoms. The van der Waals surface area contributed by atoms with E-state index in [0.29, 0.717) is 19.5 Å². The largest absolute Gasteiger partial charge is 0.496 e. The van der Waals surface area contributed by atoms with Gasteiger partial charge in [0.25, 0.3) is 0 Å². The molecule has 4 heteroatoms. The molecule has 0 saturated carbocycles. The molecular weight excluding hydrogens is 228 g/mol. The summed E-state index contributed by atoms with van der Waals surface area (Å²) in [5, 5.41) is 0. The van der Waals surface area contributed by atoms with Crippen molar-refractivity contribution in [2.75, 3.05) is 27.2 Å². The second-order valence-electron chi connectivity index (χ2n) is 4.27. The lowest BCUT2D eigenvalue weighted by atomic mass is 10.1. The summed E-state index contributed by atoms with van der Waals surface area (Å²) in [6.07, 6.45) is 2.08. The van der Waals surface area contributed by atoms with E-state index in [1.165, 1.54) is 0 Å². The highest BCUT2D eigenvalue weighted by Gasteiger charge is 2.09. The molecule has 0 spiro atoms. The Hall–Kier alpha value is -1.55. The molecule has 0 heterocycles. The number of likely N-dealkylation sites (N-methyl/N-ethyl adjacent to an activating group) is 1. The zero-order valence-electron chi connectivity index (χ0n) is 11.2. The minimum Gasteiger partial charge on any atom is -0.496 e. The molecule has 0 saturated heterocycles. The van der Waals surface area contributed by atoms with E-state index in [1.54, 1.807) is 12.0 Å². The molecule has 4 nitrogen and oxygen atoms in total. The molecule has 1 aromatic rings. The molecular formula is C14H22N2O2. The van der Waals surface area contributed by atoms with E-state index in [-0.39, 0.29) is 5.91 Å². The van der Waals surface area contributed by atoms with Gasteiger partial charge in [-0.15, -0.1) is 0 Å². The quantitative estimate of drug-likeness (QED) is 0.796. The number of benzene rings is 1. The van der Waals surface area contributed by atoms with Crippen LogP contribution in [-0.2, 0) is 11.2 Å². The topological polar surface area (TPSA) is 55.6 Å². The molecule has 0 radical (unpaired) electrons. The number of nitrogens with two attached hydrogens (primary N) is 1. The molecule has 0 aromatic heterocycles. The van der Waals surface area contributed by atoms with E-state index in [2.05, 4.69) is 0 Å². The van der Waals surface area contributed by atoms with Crippen LogP contribution in [0.4, 0.5) is 0 Å². The number of hydrogen-bond acceptors (Lipinski definition) is 3. The first-order valence-electron chi connectivity index (χ1n) is 6.25. The van der Waals surface area contributed by atoms with E-state index in [1.807, 2.05) is 31.3 Å². The second-order valence-corrected chi connectivity index (χ2v) is 4.27. The van der Waals surface area contributed by atoms with Crippen molar-refractivity contribution < 1.29 is 9.53 Å². The minimum absolute atomic E-state index is 0.148. The third-order valence-corrected chi connectivity index (χ3v) is 2.93. The van der Waals surface area contributed by atoms with Gasteiger partial charge < -0.3 is 15.4 Å². The molecule has 0 atom stereocenters. The molecule has 2 N–H and O–H groups in total. The van der Waals surface area contributed by atoms with Gasteiger partial charge in [0.2, 0.25) is 5.91 Å². The van der Waals surface area contributed by atoms with Gasteiger partial charge in [0.1, 0.15) is 5.75 Å². The molecule has 1 rings (SSSR count). The zero-order valence-corrected chi connectivity index (χ0v) is 11.2. The molecule has 0 aliphatic heterocycles. The van der Waals surface area contributed by atoms with Crippen molar-refractivity contribution in [2.24, 2.45) is 5.73 Å². The monoisotopic (exact) mass is 250 g/mol. The average molecular weight is 250 g/mol. The fourth-order valence-electron chi connectivity index (χ4n) is 1.77. The first-order valence-corrected chi connectivity index (χ1v) is 6.25. The Bertz CT molecular complexity index is 380. The highest BCUT2D eigenvalue weighted by Crippen LogP contribution is 2.17. The van der Waals surface area contributed by atoms with E-state index in [9.17, 15) is 4.79 Å². The van der Waals surface area contributed by atoms with Crippen molar-refractivity contribution >= 4 is 5.91 Å². The highest BCUT2D eigenvalue weighted by molar-refractivity contribution is 5.75. The molecule has 0 fully saturated rings. The SMILES string of the molecule is COc1ccccc1CCN(C)C(=O)CCCN. The standard InChI is InChI=1S/C14H22N2O2/c1-16(14(17)8-5-10-15)11-9-12-6-3-4-7-13(12)18-2/h3-4,6-7H,5,8-11,15H2,1-2H3. The van der Waals surface area contributed by atoms with Crippen LogP contribution in [0.5, 0.6) is 5.75 Å². The Kier molecular flexibility index (Phi) is 6.22. The van der Waals surface area contributed by atoms with Crippen molar-refractivity contribution in [2.45, 2.75) is 19.3 Å². The Morgan fingerprint density at radius 2 is 2.11 bits per heavy atom. The van der Waals surface area contributed by atoms with Crippen LogP contribution in [0.25, 0.3) is 0 Å². The minimum atomic E-state index is 0.148. The lowest BCUT2D eigenvalue weighted by Crippen LogP contribution is -2.29. The van der Waals surface area contributed by atoms with Crippen LogP contribution in [0.2, 0.25) is 0 Å². The second kappa shape index (κ2) is 7.71. The van der Waals surface area contributed by atoms with Gasteiger partial charge in [-0.25, -0.2) is 0 Å². The molecule has 0 unspecified atom stereocenters. The molecule has 18 heavy (non-hydrogen) atoms. The highest BCUT2D eigenvalue weighted by atomic mass is 16.5. The average Bonchev–Trinajstić information content (AvgIpc) is 2.42. The summed E-state index contributed by atoms with van der Waals surface area (Å²) >= 11 is 0. The molecule has 0 aliphatic rings. The predicted octanol–water partition coefficient (Wildman–Crippen LogP) is 1.43. The van der Waals surface area contributed by atoms with Gasteiger partial charge in [0.05, 0.1) is 7.11 Å². The Morgan fingerprint density at radius 3 is 2.78 bits per heavy atom. The number of carbonyl (C=O) groups excluding carboxylic acids is 1. The number of amides is 1. The molecule has 100 valence electrons. The number of carbonyl (C=O) groups is 1. The van der Waals surface area contributed by atoms with Gasteiger partial charge in [-0.2, -0.15) is 0 Å². The Labute approximate surface area is 109 Å². The summed E-state index contributed by atoms with van der Waals surface area (Å²) in [5.74, 6) is 1.02. The number of methoxy groups -OCH3 is 1. The van der Waals surface area contributed by atoms with Crippen molar-refractivity contribution in [1.29, 1.82) is 0 Å². The van der Waals surface area contributed by atoms with Gasteiger partial charge in [0, 0.05) is 20.0 Å². The van der Waals surface area contributed by atoms with E-state index >= 15 is 0 Å². The van der Waals surface area contributed by atoms with Gasteiger partial charge in [-0.05, 0) is 31.0 Å². The number of rotatable bonds is 7. The predicted molar refractivity (Wildman–Crippen MR) is 72.6 cm³/mol. The van der Waals surface area contributed by atoms with E-state index < -0.39 is 0 Å². The number of para-hydroxylation sites is 1. The van der Waals surface area contributed by atoms with Crippen molar-refractivity contribution in [3.05, 3.63) is 29.8 Å². The summed E-state index contributed by atoms with van der Waals surface area (Å²) in [6.45, 7) is 1.26. The van der Waals surface area contributed by atoms with Crippen molar-refractivity contribution in [1.82, 2.24) is 4.90 Å². The fraction of sp³-hybridized carbons (Fsp3) is 0.500.